The minimum Gasteiger partial charge on any atom is -0.387 e. The van der Waals surface area contributed by atoms with E-state index in [-0.39, 0.29) is 4.90 Å². The summed E-state index contributed by atoms with van der Waals surface area (Å²) < 4.78 is 33.0. The summed E-state index contributed by atoms with van der Waals surface area (Å²) in [4.78, 5) is 8.85. The van der Waals surface area contributed by atoms with Gasteiger partial charge in [0.1, 0.15) is 5.01 Å². The fourth-order valence-corrected chi connectivity index (χ4v) is 6.01. The number of hydrogen-bond acceptors (Lipinski definition) is 8. The minimum absolute atomic E-state index is 0.183. The van der Waals surface area contributed by atoms with Crippen molar-refractivity contribution in [2.24, 2.45) is 0 Å². The smallest absolute Gasteiger partial charge is 0.261 e. The molecule has 0 amide bonds. The quantitative estimate of drug-likeness (QED) is 0.144. The Morgan fingerprint density at radius 3 is 2.45 bits per heavy atom. The lowest BCUT2D eigenvalue weighted by molar-refractivity contribution is 0.174. The van der Waals surface area contributed by atoms with Crippen molar-refractivity contribution in [1.82, 2.24) is 19.7 Å². The Hall–Kier alpha value is -3.18. The van der Waals surface area contributed by atoms with Crippen LogP contribution in [0, 0.1) is 0 Å². The van der Waals surface area contributed by atoms with Crippen LogP contribution < -0.4 is 10.0 Å². The molecule has 0 radical (unpaired) electrons. The zero-order chi connectivity index (χ0) is 28.2. The molecule has 2 aromatic carbocycles. The molecule has 0 fully saturated rings. The van der Waals surface area contributed by atoms with Crippen LogP contribution in [0.4, 0.5) is 5.69 Å². The van der Waals surface area contributed by atoms with Gasteiger partial charge in [0.15, 0.2) is 5.82 Å². The number of pyridine rings is 1. The van der Waals surface area contributed by atoms with Gasteiger partial charge in [0.2, 0.25) is 0 Å². The molecule has 212 valence electrons. The Morgan fingerprint density at radius 2 is 1.73 bits per heavy atom. The number of aliphatic hydroxyl groups is 1. The van der Waals surface area contributed by atoms with E-state index >= 15 is 0 Å². The summed E-state index contributed by atoms with van der Waals surface area (Å²) in [6.45, 7) is 3.33. The molecule has 0 aliphatic carbocycles. The first kappa shape index (κ1) is 29.8. The van der Waals surface area contributed by atoms with Crippen molar-refractivity contribution < 1.29 is 13.5 Å². The van der Waals surface area contributed by atoms with Crippen molar-refractivity contribution in [3.05, 3.63) is 89.2 Å². The summed E-state index contributed by atoms with van der Waals surface area (Å²) in [6, 6.07) is 17.6. The monoisotopic (exact) mass is 579 g/mol. The molecule has 3 N–H and O–H groups in total. The van der Waals surface area contributed by atoms with Crippen LogP contribution in [0.15, 0.2) is 78.0 Å². The van der Waals surface area contributed by atoms with Crippen LogP contribution in [-0.2, 0) is 22.9 Å². The predicted octanol–water partition coefficient (Wildman–Crippen LogP) is 5.78. The van der Waals surface area contributed by atoms with E-state index in [4.69, 9.17) is 0 Å². The SMILES string of the molecule is CCCCCCCc1nc(-c2ccc(S(=O)(=O)Nc3ccc(CCNCC(O)c4cccnc4)cc3)cc2)ns1. The van der Waals surface area contributed by atoms with E-state index < -0.39 is 16.1 Å². The number of aromatic nitrogens is 3. The van der Waals surface area contributed by atoms with Crippen LogP contribution in [-0.4, -0.2) is 41.0 Å². The van der Waals surface area contributed by atoms with E-state index in [9.17, 15) is 13.5 Å². The Labute approximate surface area is 241 Å². The zero-order valence-corrected chi connectivity index (χ0v) is 24.4. The van der Waals surface area contributed by atoms with E-state index in [2.05, 4.69) is 31.3 Å². The van der Waals surface area contributed by atoms with Gasteiger partial charge in [0.05, 0.1) is 11.0 Å². The van der Waals surface area contributed by atoms with Gasteiger partial charge in [-0.3, -0.25) is 9.71 Å². The molecule has 0 bridgehead atoms. The van der Waals surface area contributed by atoms with Gasteiger partial charge in [0, 0.05) is 42.2 Å². The molecule has 0 aliphatic heterocycles. The molecule has 1 unspecified atom stereocenters. The van der Waals surface area contributed by atoms with Gasteiger partial charge in [-0.2, -0.15) is 4.37 Å². The number of anilines is 1. The fourth-order valence-electron chi connectivity index (χ4n) is 4.25. The summed E-state index contributed by atoms with van der Waals surface area (Å²) >= 11 is 1.42. The maximum Gasteiger partial charge on any atom is 0.261 e. The second-order valence-electron chi connectivity index (χ2n) is 9.76. The highest BCUT2D eigenvalue weighted by Gasteiger charge is 2.15. The summed E-state index contributed by atoms with van der Waals surface area (Å²) in [7, 11) is -3.73. The van der Waals surface area contributed by atoms with Crippen LogP contribution in [0.3, 0.4) is 0 Å². The molecular formula is C30H37N5O3S2. The molecule has 0 aliphatic rings. The Balaban J connectivity index is 1.24. The molecule has 1 atom stereocenters. The number of hydrogen-bond donors (Lipinski definition) is 3. The third kappa shape index (κ3) is 8.92. The minimum atomic E-state index is -3.73. The third-order valence-corrected chi connectivity index (χ3v) is 8.76. The average molecular weight is 580 g/mol. The van der Waals surface area contributed by atoms with Gasteiger partial charge in [-0.05, 0) is 78.9 Å². The number of sulfonamides is 1. The van der Waals surface area contributed by atoms with Crippen molar-refractivity contribution >= 4 is 27.2 Å². The lowest BCUT2D eigenvalue weighted by Gasteiger charge is -2.12. The van der Waals surface area contributed by atoms with Gasteiger partial charge >= 0.3 is 0 Å². The van der Waals surface area contributed by atoms with Gasteiger partial charge in [-0.1, -0.05) is 50.8 Å². The van der Waals surface area contributed by atoms with Crippen LogP contribution in [0.5, 0.6) is 0 Å². The van der Waals surface area contributed by atoms with Crippen molar-refractivity contribution in [2.45, 2.75) is 62.9 Å². The highest BCUT2D eigenvalue weighted by atomic mass is 32.2. The number of nitrogens with one attached hydrogen (secondary N) is 2. The number of unbranched alkanes of at least 4 members (excludes halogenated alkanes) is 4. The molecule has 8 nitrogen and oxygen atoms in total. The van der Waals surface area contributed by atoms with Crippen LogP contribution >= 0.6 is 11.5 Å². The third-order valence-electron chi connectivity index (χ3n) is 6.59. The number of benzene rings is 2. The molecule has 40 heavy (non-hydrogen) atoms. The summed E-state index contributed by atoms with van der Waals surface area (Å²) in [5, 5.41) is 14.5. The zero-order valence-electron chi connectivity index (χ0n) is 22.8. The number of nitrogens with zero attached hydrogens (tertiary/aromatic N) is 3. The Bertz CT molecular complexity index is 1410. The molecule has 2 aromatic heterocycles. The molecule has 0 spiro atoms. The topological polar surface area (TPSA) is 117 Å². The Kier molecular flexibility index (Phi) is 11.2. The van der Waals surface area contributed by atoms with E-state index in [1.807, 2.05) is 18.2 Å². The van der Waals surface area contributed by atoms with Crippen molar-refractivity contribution in [2.75, 3.05) is 17.8 Å². The van der Waals surface area contributed by atoms with Gasteiger partial charge < -0.3 is 10.4 Å². The largest absolute Gasteiger partial charge is 0.387 e. The maximum atomic E-state index is 12.9. The second-order valence-corrected chi connectivity index (χ2v) is 12.3. The highest BCUT2D eigenvalue weighted by Crippen LogP contribution is 2.23. The van der Waals surface area contributed by atoms with E-state index in [1.54, 1.807) is 54.9 Å². The van der Waals surface area contributed by atoms with Gasteiger partial charge in [-0.15, -0.1) is 0 Å². The van der Waals surface area contributed by atoms with Gasteiger partial charge in [-0.25, -0.2) is 13.4 Å². The lowest BCUT2D eigenvalue weighted by Crippen LogP contribution is -2.23. The molecule has 0 saturated heterocycles. The first-order valence-corrected chi connectivity index (χ1v) is 16.0. The molecule has 4 aromatic rings. The van der Waals surface area contributed by atoms with E-state index in [0.29, 0.717) is 24.6 Å². The molecule has 2 heterocycles. The molecule has 0 saturated carbocycles. The first-order valence-electron chi connectivity index (χ1n) is 13.8. The Morgan fingerprint density at radius 1 is 0.950 bits per heavy atom. The molecular weight excluding hydrogens is 542 g/mol. The fraction of sp³-hybridized carbons (Fsp3) is 0.367. The second kappa shape index (κ2) is 15.0. The van der Waals surface area contributed by atoms with Crippen molar-refractivity contribution in [3.8, 4) is 11.4 Å². The maximum absolute atomic E-state index is 12.9. The summed E-state index contributed by atoms with van der Waals surface area (Å²) in [5.41, 5.74) is 3.14. The van der Waals surface area contributed by atoms with Crippen LogP contribution in [0.1, 0.15) is 61.3 Å². The number of rotatable bonds is 16. The lowest BCUT2D eigenvalue weighted by atomic mass is 10.1. The normalized spacial score (nSPS) is 12.3. The average Bonchev–Trinajstić information content (AvgIpc) is 3.45. The van der Waals surface area contributed by atoms with Crippen LogP contribution in [0.2, 0.25) is 0 Å². The van der Waals surface area contributed by atoms with Gasteiger partial charge in [0.25, 0.3) is 10.0 Å². The first-order chi connectivity index (χ1) is 19.4. The van der Waals surface area contributed by atoms with E-state index in [1.165, 1.54) is 37.2 Å². The summed E-state index contributed by atoms with van der Waals surface area (Å²) in [5.74, 6) is 0.641. The molecule has 4 rings (SSSR count). The van der Waals surface area contributed by atoms with Crippen molar-refractivity contribution in [1.29, 1.82) is 0 Å². The summed E-state index contributed by atoms with van der Waals surface area (Å²) in [6.07, 6.45) is 10.5. The van der Waals surface area contributed by atoms with Crippen LogP contribution in [0.25, 0.3) is 11.4 Å². The van der Waals surface area contributed by atoms with E-state index in [0.717, 1.165) is 41.0 Å². The standard InChI is InChI=1S/C30H37N5O3S2/c1-2-3-4-5-6-9-29-33-30(34-39-29)24-12-16-27(17-13-24)40(37,38)35-26-14-10-23(11-15-26)18-20-32-22-28(36)25-8-7-19-31-21-25/h7-8,10-17,19,21,28,32,35-36H,2-6,9,18,20,22H2,1H3. The number of aliphatic hydroxyl groups excluding tert-OH is 1. The molecule has 10 heteroatoms. The van der Waals surface area contributed by atoms with Crippen molar-refractivity contribution in [3.63, 3.8) is 0 Å². The predicted molar refractivity (Wildman–Crippen MR) is 161 cm³/mol. The number of aryl methyl sites for hydroxylation is 1. The highest BCUT2D eigenvalue weighted by molar-refractivity contribution is 7.92.